The van der Waals surface area contributed by atoms with Crippen LogP contribution >= 0.6 is 0 Å². The van der Waals surface area contributed by atoms with Crippen molar-refractivity contribution in [2.45, 2.75) is 12.8 Å². The summed E-state index contributed by atoms with van der Waals surface area (Å²) in [7, 11) is 2.49. The van der Waals surface area contributed by atoms with Crippen LogP contribution in [-0.2, 0) is 36.7 Å². The maximum absolute atomic E-state index is 12.7. The van der Waals surface area contributed by atoms with E-state index in [1.54, 1.807) is 0 Å². The number of hydrogen-bond donors (Lipinski definition) is 0. The third-order valence-corrected chi connectivity index (χ3v) is 4.57. The lowest BCUT2D eigenvalue weighted by Crippen LogP contribution is -2.35. The second-order valence-corrected chi connectivity index (χ2v) is 5.93. The van der Waals surface area contributed by atoms with Crippen LogP contribution in [0, 0.1) is 11.8 Å². The zero-order chi connectivity index (χ0) is 17.3. The Morgan fingerprint density at radius 2 is 1.29 bits per heavy atom. The second-order valence-electron chi connectivity index (χ2n) is 5.93. The Morgan fingerprint density at radius 3 is 1.67 bits per heavy atom. The summed E-state index contributed by atoms with van der Waals surface area (Å²) >= 11 is 0. The maximum Gasteiger partial charge on any atom is 0.316 e. The first-order valence-corrected chi connectivity index (χ1v) is 7.75. The third kappa shape index (κ3) is 2.77. The van der Waals surface area contributed by atoms with Gasteiger partial charge < -0.3 is 9.47 Å². The Bertz CT molecular complexity index is 757. The Kier molecular flexibility index (Phi) is 4.34. The standard InChI is InChI=1S/C19H18O5/c1-23-18(21)15-9-13-7-11-5-3-4-6-12(11)8-14(13)10-16(17(15)20)19(22)24-2/h3-8,15-16H,9-10H2,1-2H3. The van der Waals surface area contributed by atoms with Gasteiger partial charge in [0.25, 0.3) is 0 Å². The number of esters is 2. The van der Waals surface area contributed by atoms with Crippen molar-refractivity contribution in [3.05, 3.63) is 47.5 Å². The van der Waals surface area contributed by atoms with Gasteiger partial charge in [-0.1, -0.05) is 36.4 Å². The van der Waals surface area contributed by atoms with Gasteiger partial charge in [0.2, 0.25) is 0 Å². The molecule has 1 aliphatic rings. The lowest BCUT2D eigenvalue weighted by Gasteiger charge is -2.15. The van der Waals surface area contributed by atoms with E-state index in [2.05, 4.69) is 0 Å². The number of Topliss-reactive ketones (excluding diaryl/α,β-unsaturated/α-hetero) is 1. The van der Waals surface area contributed by atoms with Crippen LogP contribution in [0.3, 0.4) is 0 Å². The molecule has 0 saturated carbocycles. The van der Waals surface area contributed by atoms with Crippen molar-refractivity contribution in [3.8, 4) is 0 Å². The van der Waals surface area contributed by atoms with Gasteiger partial charge in [-0.05, 0) is 34.7 Å². The van der Waals surface area contributed by atoms with Gasteiger partial charge in [0, 0.05) is 0 Å². The molecule has 0 heterocycles. The molecule has 5 heteroatoms. The van der Waals surface area contributed by atoms with Gasteiger partial charge in [-0.3, -0.25) is 14.4 Å². The fraction of sp³-hybridized carbons (Fsp3) is 0.316. The minimum atomic E-state index is -0.985. The summed E-state index contributed by atoms with van der Waals surface area (Å²) < 4.78 is 9.54. The molecule has 2 aromatic rings. The Labute approximate surface area is 139 Å². The summed E-state index contributed by atoms with van der Waals surface area (Å²) in [5.41, 5.74) is 1.78. The molecule has 5 nitrogen and oxygen atoms in total. The lowest BCUT2D eigenvalue weighted by atomic mass is 9.90. The number of benzene rings is 2. The van der Waals surface area contributed by atoms with Crippen LogP contribution in [0.25, 0.3) is 10.8 Å². The number of carbonyl (C=O) groups excluding carboxylic acids is 3. The number of methoxy groups -OCH3 is 2. The number of ether oxygens (including phenoxy) is 2. The van der Waals surface area contributed by atoms with E-state index in [0.29, 0.717) is 0 Å². The van der Waals surface area contributed by atoms with Gasteiger partial charge >= 0.3 is 11.9 Å². The monoisotopic (exact) mass is 326 g/mol. The highest BCUT2D eigenvalue weighted by molar-refractivity contribution is 6.09. The summed E-state index contributed by atoms with van der Waals surface area (Å²) in [6.07, 6.45) is 0.471. The zero-order valence-electron chi connectivity index (χ0n) is 13.6. The Hall–Kier alpha value is -2.69. The molecule has 0 spiro atoms. The van der Waals surface area contributed by atoms with Crippen LogP contribution in [0.2, 0.25) is 0 Å². The first-order chi connectivity index (χ1) is 11.5. The van der Waals surface area contributed by atoms with Gasteiger partial charge in [-0.2, -0.15) is 0 Å². The molecule has 0 N–H and O–H groups in total. The quantitative estimate of drug-likeness (QED) is 0.480. The molecule has 0 aromatic heterocycles. The highest BCUT2D eigenvalue weighted by Gasteiger charge is 2.40. The van der Waals surface area contributed by atoms with Crippen molar-refractivity contribution in [3.63, 3.8) is 0 Å². The van der Waals surface area contributed by atoms with Crippen LogP contribution in [-0.4, -0.2) is 31.9 Å². The molecule has 0 bridgehead atoms. The smallest absolute Gasteiger partial charge is 0.316 e. The fourth-order valence-corrected chi connectivity index (χ4v) is 3.28. The normalized spacial score (nSPS) is 20.2. The van der Waals surface area contributed by atoms with Crippen molar-refractivity contribution in [1.82, 2.24) is 0 Å². The van der Waals surface area contributed by atoms with E-state index in [1.807, 2.05) is 36.4 Å². The maximum atomic E-state index is 12.7. The minimum absolute atomic E-state index is 0.235. The molecule has 0 radical (unpaired) electrons. The number of rotatable bonds is 2. The van der Waals surface area contributed by atoms with Gasteiger partial charge in [0.1, 0.15) is 11.8 Å². The summed E-state index contributed by atoms with van der Waals surface area (Å²) in [5, 5.41) is 2.06. The molecular formula is C19H18O5. The van der Waals surface area contributed by atoms with E-state index >= 15 is 0 Å². The van der Waals surface area contributed by atoms with E-state index in [0.717, 1.165) is 21.9 Å². The molecule has 1 aliphatic carbocycles. The first kappa shape index (κ1) is 16.2. The molecule has 124 valence electrons. The summed E-state index contributed by atoms with van der Waals surface area (Å²) in [6.45, 7) is 0. The molecule has 0 saturated heterocycles. The predicted molar refractivity (Wildman–Crippen MR) is 87.4 cm³/mol. The fourth-order valence-electron chi connectivity index (χ4n) is 3.28. The molecule has 0 amide bonds. The van der Waals surface area contributed by atoms with Crippen molar-refractivity contribution in [1.29, 1.82) is 0 Å². The molecule has 24 heavy (non-hydrogen) atoms. The largest absolute Gasteiger partial charge is 0.468 e. The summed E-state index contributed by atoms with van der Waals surface area (Å²) in [5.74, 6) is -3.64. The Morgan fingerprint density at radius 1 is 0.875 bits per heavy atom. The average molecular weight is 326 g/mol. The van der Waals surface area contributed by atoms with Crippen LogP contribution in [0.15, 0.2) is 36.4 Å². The Balaban J connectivity index is 2.13. The van der Waals surface area contributed by atoms with Crippen molar-refractivity contribution in [2.24, 2.45) is 11.8 Å². The second kappa shape index (κ2) is 6.43. The number of hydrogen-bond acceptors (Lipinski definition) is 5. The van der Waals surface area contributed by atoms with Gasteiger partial charge in [-0.25, -0.2) is 0 Å². The first-order valence-electron chi connectivity index (χ1n) is 7.75. The molecule has 3 rings (SSSR count). The molecule has 0 aliphatic heterocycles. The van der Waals surface area contributed by atoms with Crippen molar-refractivity contribution in [2.75, 3.05) is 14.2 Å². The molecular weight excluding hydrogens is 308 g/mol. The van der Waals surface area contributed by atoms with Crippen LogP contribution in [0.4, 0.5) is 0 Å². The number of ketones is 1. The number of fused-ring (bicyclic) bond motifs is 2. The molecule has 2 unspecified atom stereocenters. The predicted octanol–water partition coefficient (Wildman–Crippen LogP) is 2.09. The minimum Gasteiger partial charge on any atom is -0.468 e. The summed E-state index contributed by atoms with van der Waals surface area (Å²) in [4.78, 5) is 36.8. The van der Waals surface area contributed by atoms with E-state index < -0.39 is 29.6 Å². The summed E-state index contributed by atoms with van der Waals surface area (Å²) in [6, 6.07) is 11.8. The topological polar surface area (TPSA) is 69.7 Å². The van der Waals surface area contributed by atoms with Gasteiger partial charge in [0.05, 0.1) is 14.2 Å². The van der Waals surface area contributed by atoms with Crippen LogP contribution in [0.5, 0.6) is 0 Å². The average Bonchev–Trinajstić information content (AvgIpc) is 2.75. The molecule has 2 atom stereocenters. The van der Waals surface area contributed by atoms with Gasteiger partial charge in [-0.15, -0.1) is 0 Å². The van der Waals surface area contributed by atoms with Crippen molar-refractivity contribution < 1.29 is 23.9 Å². The lowest BCUT2D eigenvalue weighted by molar-refractivity contribution is -0.155. The van der Waals surface area contributed by atoms with Crippen molar-refractivity contribution >= 4 is 28.5 Å². The molecule has 2 aromatic carbocycles. The number of carbonyl (C=O) groups is 3. The van der Waals surface area contributed by atoms with E-state index in [1.165, 1.54) is 14.2 Å². The SMILES string of the molecule is COC(=O)C1Cc2cc3ccccc3cc2CC(C(=O)OC)C1=O. The highest BCUT2D eigenvalue weighted by Crippen LogP contribution is 2.30. The van der Waals surface area contributed by atoms with E-state index in [4.69, 9.17) is 9.47 Å². The highest BCUT2D eigenvalue weighted by atomic mass is 16.5. The van der Waals surface area contributed by atoms with Crippen LogP contribution < -0.4 is 0 Å². The van der Waals surface area contributed by atoms with Gasteiger partial charge in [0.15, 0.2) is 5.78 Å². The zero-order valence-corrected chi connectivity index (χ0v) is 13.6. The van der Waals surface area contributed by atoms with E-state index in [-0.39, 0.29) is 12.8 Å². The molecule has 0 fully saturated rings. The van der Waals surface area contributed by atoms with E-state index in [9.17, 15) is 14.4 Å². The van der Waals surface area contributed by atoms with Crippen LogP contribution in [0.1, 0.15) is 11.1 Å². The third-order valence-electron chi connectivity index (χ3n) is 4.57.